The van der Waals surface area contributed by atoms with Crippen molar-refractivity contribution in [2.45, 2.75) is 6.17 Å². The van der Waals surface area contributed by atoms with Crippen molar-refractivity contribution in [1.82, 2.24) is 5.32 Å². The van der Waals surface area contributed by atoms with Crippen LogP contribution in [-0.2, 0) is 0 Å². The first-order valence-corrected chi connectivity index (χ1v) is 9.02. The Hall–Kier alpha value is -3.45. The number of benzene rings is 2. The Balaban J connectivity index is 1.90. The van der Waals surface area contributed by atoms with E-state index in [2.05, 4.69) is 10.6 Å². The second kappa shape index (κ2) is 9.16. The standard InChI is InChI=1S/C21H19ClN2O5/c1-27-15-9-10-16(18(12-15)28-2)23-20(24-21(26)17-4-3-11-29-17)19(25)13-5-7-14(22)8-6-13/h3-12,20,23H,1-2H3,(H,24,26)/t20-/m0/s1. The van der Waals surface area contributed by atoms with Crippen molar-refractivity contribution in [2.75, 3.05) is 19.5 Å². The van der Waals surface area contributed by atoms with Crippen LogP contribution in [0, 0.1) is 0 Å². The molecule has 0 saturated heterocycles. The van der Waals surface area contributed by atoms with E-state index in [1.807, 2.05) is 0 Å². The molecule has 1 amide bonds. The van der Waals surface area contributed by atoms with Gasteiger partial charge >= 0.3 is 0 Å². The molecule has 7 nitrogen and oxygen atoms in total. The zero-order valence-electron chi connectivity index (χ0n) is 15.8. The molecule has 1 atom stereocenters. The third-order valence-corrected chi connectivity index (χ3v) is 4.37. The Morgan fingerprint density at radius 1 is 1.03 bits per heavy atom. The minimum Gasteiger partial charge on any atom is -0.497 e. The van der Waals surface area contributed by atoms with Crippen LogP contribution in [0.4, 0.5) is 5.69 Å². The second-order valence-electron chi connectivity index (χ2n) is 5.97. The minimum absolute atomic E-state index is 0.0856. The lowest BCUT2D eigenvalue weighted by molar-refractivity contribution is 0.0852. The number of carbonyl (C=O) groups excluding carboxylic acids is 2. The van der Waals surface area contributed by atoms with Crippen LogP contribution in [0.5, 0.6) is 11.5 Å². The van der Waals surface area contributed by atoms with Gasteiger partial charge in [0.2, 0.25) is 5.78 Å². The Morgan fingerprint density at radius 3 is 2.41 bits per heavy atom. The van der Waals surface area contributed by atoms with E-state index in [0.717, 1.165) is 0 Å². The van der Waals surface area contributed by atoms with Gasteiger partial charge in [-0.2, -0.15) is 0 Å². The number of furan rings is 1. The molecule has 0 fully saturated rings. The smallest absolute Gasteiger partial charge is 0.288 e. The number of ether oxygens (including phenoxy) is 2. The lowest BCUT2D eigenvalue weighted by Crippen LogP contribution is -2.46. The fraction of sp³-hybridized carbons (Fsp3) is 0.143. The number of amides is 1. The van der Waals surface area contributed by atoms with E-state index >= 15 is 0 Å². The summed E-state index contributed by atoms with van der Waals surface area (Å²) in [6, 6.07) is 14.6. The number of methoxy groups -OCH3 is 2. The molecular formula is C21H19ClN2O5. The number of hydrogen-bond acceptors (Lipinski definition) is 6. The SMILES string of the molecule is COc1ccc(N[C@@H](NC(=O)c2ccco2)C(=O)c2ccc(Cl)cc2)c(OC)c1. The summed E-state index contributed by atoms with van der Waals surface area (Å²) >= 11 is 5.91. The number of halogens is 1. The number of carbonyl (C=O) groups is 2. The van der Waals surface area contributed by atoms with E-state index in [9.17, 15) is 9.59 Å². The average Bonchev–Trinajstić information content (AvgIpc) is 3.28. The van der Waals surface area contributed by atoms with Crippen LogP contribution >= 0.6 is 11.6 Å². The Bertz CT molecular complexity index is 987. The molecule has 3 rings (SSSR count). The predicted molar refractivity (Wildman–Crippen MR) is 109 cm³/mol. The minimum atomic E-state index is -1.09. The van der Waals surface area contributed by atoms with Crippen LogP contribution < -0.4 is 20.1 Å². The van der Waals surface area contributed by atoms with Crippen molar-refractivity contribution >= 4 is 29.0 Å². The summed E-state index contributed by atoms with van der Waals surface area (Å²) in [5, 5.41) is 6.17. The molecule has 0 aliphatic rings. The number of nitrogens with one attached hydrogen (secondary N) is 2. The van der Waals surface area contributed by atoms with Gasteiger partial charge in [0.05, 0.1) is 26.2 Å². The molecule has 1 heterocycles. The van der Waals surface area contributed by atoms with Crippen molar-refractivity contribution in [3.8, 4) is 11.5 Å². The maximum absolute atomic E-state index is 13.1. The summed E-state index contributed by atoms with van der Waals surface area (Å²) in [4.78, 5) is 25.6. The maximum atomic E-state index is 13.1. The molecule has 0 unspecified atom stereocenters. The Morgan fingerprint density at radius 2 is 1.79 bits per heavy atom. The molecule has 0 bridgehead atoms. The van der Waals surface area contributed by atoms with E-state index in [1.165, 1.54) is 19.4 Å². The van der Waals surface area contributed by atoms with Gasteiger partial charge in [-0.05, 0) is 48.5 Å². The van der Waals surface area contributed by atoms with Crippen LogP contribution in [0.1, 0.15) is 20.9 Å². The fourth-order valence-corrected chi connectivity index (χ4v) is 2.76. The molecular weight excluding hydrogens is 396 g/mol. The molecule has 0 radical (unpaired) electrons. The molecule has 1 aromatic heterocycles. The first-order valence-electron chi connectivity index (χ1n) is 8.64. The van der Waals surface area contributed by atoms with Gasteiger partial charge in [-0.1, -0.05) is 11.6 Å². The summed E-state index contributed by atoms with van der Waals surface area (Å²) < 4.78 is 15.7. The van der Waals surface area contributed by atoms with Crippen LogP contribution in [0.25, 0.3) is 0 Å². The molecule has 2 N–H and O–H groups in total. The molecule has 0 spiro atoms. The number of hydrogen-bond donors (Lipinski definition) is 2. The van der Waals surface area contributed by atoms with E-state index in [4.69, 9.17) is 25.5 Å². The van der Waals surface area contributed by atoms with E-state index in [0.29, 0.717) is 27.8 Å². The molecule has 0 aliphatic carbocycles. The van der Waals surface area contributed by atoms with E-state index in [-0.39, 0.29) is 11.5 Å². The number of rotatable bonds is 8. The first kappa shape index (κ1) is 20.3. The summed E-state index contributed by atoms with van der Waals surface area (Å²) in [6.45, 7) is 0. The zero-order chi connectivity index (χ0) is 20.8. The van der Waals surface area contributed by atoms with Gasteiger partial charge in [0.15, 0.2) is 11.9 Å². The Kier molecular flexibility index (Phi) is 6.41. The van der Waals surface area contributed by atoms with Gasteiger partial charge in [0, 0.05) is 16.7 Å². The third kappa shape index (κ3) is 4.89. The average molecular weight is 415 g/mol. The van der Waals surface area contributed by atoms with Crippen molar-refractivity contribution < 1.29 is 23.5 Å². The van der Waals surface area contributed by atoms with Crippen molar-refractivity contribution in [1.29, 1.82) is 0 Å². The highest BCUT2D eigenvalue weighted by atomic mass is 35.5. The summed E-state index contributed by atoms with van der Waals surface area (Å²) in [5.74, 6) is 0.224. The number of anilines is 1. The summed E-state index contributed by atoms with van der Waals surface area (Å²) in [5.41, 5.74) is 0.875. The van der Waals surface area contributed by atoms with Crippen LogP contribution in [0.2, 0.25) is 5.02 Å². The van der Waals surface area contributed by atoms with Crippen LogP contribution in [0.3, 0.4) is 0 Å². The third-order valence-electron chi connectivity index (χ3n) is 4.12. The Labute approximate surface area is 172 Å². The molecule has 8 heteroatoms. The monoisotopic (exact) mass is 414 g/mol. The molecule has 150 valence electrons. The van der Waals surface area contributed by atoms with E-state index in [1.54, 1.807) is 55.6 Å². The summed E-state index contributed by atoms with van der Waals surface area (Å²) in [6.07, 6.45) is 0.293. The molecule has 0 aliphatic heterocycles. The quantitative estimate of drug-likeness (QED) is 0.427. The maximum Gasteiger partial charge on any atom is 0.288 e. The summed E-state index contributed by atoms with van der Waals surface area (Å²) in [7, 11) is 3.04. The van der Waals surface area contributed by atoms with Crippen molar-refractivity contribution in [3.05, 3.63) is 77.2 Å². The molecule has 2 aromatic carbocycles. The molecule has 0 saturated carbocycles. The largest absolute Gasteiger partial charge is 0.497 e. The fourth-order valence-electron chi connectivity index (χ4n) is 2.63. The highest BCUT2D eigenvalue weighted by Gasteiger charge is 2.25. The van der Waals surface area contributed by atoms with Crippen LogP contribution in [0.15, 0.2) is 65.3 Å². The molecule has 29 heavy (non-hydrogen) atoms. The predicted octanol–water partition coefficient (Wildman–Crippen LogP) is 4.00. The van der Waals surface area contributed by atoms with Gasteiger partial charge in [-0.15, -0.1) is 0 Å². The van der Waals surface area contributed by atoms with Crippen LogP contribution in [-0.4, -0.2) is 32.1 Å². The molecule has 3 aromatic rings. The number of ketones is 1. The van der Waals surface area contributed by atoms with Gasteiger partial charge in [0.1, 0.15) is 11.5 Å². The lowest BCUT2D eigenvalue weighted by atomic mass is 10.1. The highest BCUT2D eigenvalue weighted by molar-refractivity contribution is 6.30. The van der Waals surface area contributed by atoms with Crippen molar-refractivity contribution in [3.63, 3.8) is 0 Å². The lowest BCUT2D eigenvalue weighted by Gasteiger charge is -2.21. The number of Topliss-reactive ketones (excluding diaryl/α,β-unsaturated/α-hetero) is 1. The highest BCUT2D eigenvalue weighted by Crippen LogP contribution is 2.29. The van der Waals surface area contributed by atoms with Crippen molar-refractivity contribution in [2.24, 2.45) is 0 Å². The van der Waals surface area contributed by atoms with Gasteiger partial charge in [0.25, 0.3) is 5.91 Å². The topological polar surface area (TPSA) is 89.8 Å². The van der Waals surface area contributed by atoms with Gasteiger partial charge in [-0.3, -0.25) is 9.59 Å². The van der Waals surface area contributed by atoms with E-state index < -0.39 is 12.1 Å². The van der Waals surface area contributed by atoms with Gasteiger partial charge < -0.3 is 24.5 Å². The normalized spacial score (nSPS) is 11.4. The zero-order valence-corrected chi connectivity index (χ0v) is 16.5. The van der Waals surface area contributed by atoms with Gasteiger partial charge in [-0.25, -0.2) is 0 Å². The first-order chi connectivity index (χ1) is 14.0. The second-order valence-corrected chi connectivity index (χ2v) is 6.40.